The minimum absolute atomic E-state index is 0.00482. The molecule has 0 aromatic heterocycles. The minimum Gasteiger partial charge on any atom is -0.290 e. The van der Waals surface area contributed by atoms with Crippen LogP contribution in [0.25, 0.3) is 0 Å². The van der Waals surface area contributed by atoms with E-state index < -0.39 is 10.0 Å². The Morgan fingerprint density at radius 3 is 2.29 bits per heavy atom. The second kappa shape index (κ2) is 5.12. The van der Waals surface area contributed by atoms with E-state index in [9.17, 15) is 8.42 Å². The van der Waals surface area contributed by atoms with Crippen LogP contribution in [0.2, 0.25) is 0 Å². The lowest BCUT2D eigenvalue weighted by atomic mass is 10.4. The molecule has 0 atom stereocenters. The third-order valence-corrected chi connectivity index (χ3v) is 5.34. The Morgan fingerprint density at radius 1 is 1.29 bits per heavy atom. The Bertz CT molecular complexity index is 315. The minimum atomic E-state index is -3.09. The zero-order chi connectivity index (χ0) is 10.6. The van der Waals surface area contributed by atoms with E-state index >= 15 is 0 Å². The van der Waals surface area contributed by atoms with E-state index in [1.165, 1.54) is 4.31 Å². The van der Waals surface area contributed by atoms with Gasteiger partial charge in [0.05, 0.1) is 6.54 Å². The quantitative estimate of drug-likeness (QED) is 0.536. The number of sulfonamides is 1. The van der Waals surface area contributed by atoms with Crippen LogP contribution in [0.4, 0.5) is 0 Å². The first-order chi connectivity index (χ1) is 6.60. The van der Waals surface area contributed by atoms with E-state index in [4.69, 9.17) is 6.42 Å². The Labute approximate surface area is 93.4 Å². The molecule has 0 radical (unpaired) electrons. The van der Waals surface area contributed by atoms with Crippen molar-refractivity contribution in [3.63, 3.8) is 0 Å². The maximum absolute atomic E-state index is 11.4. The first-order valence-electron chi connectivity index (χ1n) is 4.30. The highest BCUT2D eigenvalue weighted by Gasteiger charge is 2.25. The van der Waals surface area contributed by atoms with Crippen molar-refractivity contribution in [1.82, 2.24) is 9.21 Å². The predicted molar refractivity (Wildman–Crippen MR) is 59.6 cm³/mol. The Kier molecular flexibility index (Phi) is 4.38. The van der Waals surface area contributed by atoms with Crippen LogP contribution in [0.3, 0.4) is 0 Å². The highest BCUT2D eigenvalue weighted by molar-refractivity contribution is 9.10. The van der Waals surface area contributed by atoms with Crippen LogP contribution in [0.15, 0.2) is 0 Å². The number of halogens is 1. The van der Waals surface area contributed by atoms with Crippen molar-refractivity contribution < 1.29 is 8.42 Å². The van der Waals surface area contributed by atoms with Crippen LogP contribution in [-0.2, 0) is 10.0 Å². The highest BCUT2D eigenvalue weighted by atomic mass is 79.9. The summed E-state index contributed by atoms with van der Waals surface area (Å²) in [6, 6.07) is 0. The normalized spacial score (nSPS) is 20.6. The van der Waals surface area contributed by atoms with Gasteiger partial charge < -0.3 is 0 Å². The summed E-state index contributed by atoms with van der Waals surface area (Å²) < 4.78 is 24.4. The van der Waals surface area contributed by atoms with Gasteiger partial charge in [-0.3, -0.25) is 4.90 Å². The fourth-order valence-electron chi connectivity index (χ4n) is 1.36. The summed E-state index contributed by atoms with van der Waals surface area (Å²) >= 11 is 2.98. The van der Waals surface area contributed by atoms with Gasteiger partial charge in [0.25, 0.3) is 0 Å². The highest BCUT2D eigenvalue weighted by Crippen LogP contribution is 2.09. The van der Waals surface area contributed by atoms with Crippen molar-refractivity contribution in [1.29, 1.82) is 0 Å². The average Bonchev–Trinajstić information content (AvgIpc) is 2.19. The van der Waals surface area contributed by atoms with Crippen molar-refractivity contribution >= 4 is 26.0 Å². The molecular formula is C8H13BrN2O2S. The van der Waals surface area contributed by atoms with Crippen molar-refractivity contribution in [2.45, 2.75) is 0 Å². The number of hydrogen-bond donors (Lipinski definition) is 0. The number of piperazine rings is 1. The third-order valence-electron chi connectivity index (χ3n) is 2.18. The number of alkyl halides is 1. The van der Waals surface area contributed by atoms with Crippen LogP contribution >= 0.6 is 15.9 Å². The van der Waals surface area contributed by atoms with Crippen molar-refractivity contribution in [3.05, 3.63) is 0 Å². The number of nitrogens with zero attached hydrogens (tertiary/aromatic N) is 2. The van der Waals surface area contributed by atoms with Gasteiger partial charge in [-0.2, -0.15) is 4.31 Å². The summed E-state index contributed by atoms with van der Waals surface area (Å²) in [7, 11) is -3.09. The Hall–Kier alpha value is -0.0900. The van der Waals surface area contributed by atoms with Crippen molar-refractivity contribution in [2.24, 2.45) is 0 Å². The van der Waals surface area contributed by atoms with Gasteiger partial charge >= 0.3 is 0 Å². The second-order valence-electron chi connectivity index (χ2n) is 3.10. The summed E-state index contributed by atoms with van der Waals surface area (Å²) in [5.74, 6) is 2.55. The molecule has 1 fully saturated rings. The molecule has 0 bridgehead atoms. The van der Waals surface area contributed by atoms with Gasteiger partial charge in [-0.05, 0) is 0 Å². The standard InChI is InChI=1S/C8H13BrN2O2S/c1-2-3-10-4-6-11(7-5-10)14(12,13)8-9/h1H,3-8H2. The molecule has 80 valence electrons. The molecule has 0 amide bonds. The monoisotopic (exact) mass is 280 g/mol. The molecule has 1 saturated heterocycles. The van der Waals surface area contributed by atoms with E-state index in [0.29, 0.717) is 19.6 Å². The average molecular weight is 281 g/mol. The Balaban J connectivity index is 2.48. The molecule has 1 heterocycles. The fraction of sp³-hybridized carbons (Fsp3) is 0.750. The maximum Gasteiger partial charge on any atom is 0.224 e. The molecule has 0 N–H and O–H groups in total. The molecule has 0 aliphatic carbocycles. The van der Waals surface area contributed by atoms with E-state index in [1.807, 2.05) is 0 Å². The second-order valence-corrected chi connectivity index (χ2v) is 6.37. The largest absolute Gasteiger partial charge is 0.290 e. The maximum atomic E-state index is 11.4. The number of rotatable bonds is 3. The molecule has 0 unspecified atom stereocenters. The molecule has 0 spiro atoms. The zero-order valence-electron chi connectivity index (χ0n) is 7.82. The fourth-order valence-corrected chi connectivity index (χ4v) is 3.09. The van der Waals surface area contributed by atoms with Crippen LogP contribution in [0.5, 0.6) is 0 Å². The number of terminal acetylenes is 1. The lowest BCUT2D eigenvalue weighted by Gasteiger charge is -2.32. The SMILES string of the molecule is C#CCN1CCN(S(=O)(=O)CBr)CC1. The third kappa shape index (κ3) is 2.95. The summed E-state index contributed by atoms with van der Waals surface area (Å²) in [5, 5.41) is 0. The molecule has 0 aromatic rings. The van der Waals surface area contributed by atoms with Crippen LogP contribution in [0.1, 0.15) is 0 Å². The van der Waals surface area contributed by atoms with Gasteiger partial charge in [-0.25, -0.2) is 8.42 Å². The van der Waals surface area contributed by atoms with Crippen LogP contribution in [0, 0.1) is 12.3 Å². The first kappa shape index (κ1) is 12.0. The topological polar surface area (TPSA) is 40.6 Å². The summed E-state index contributed by atoms with van der Waals surface area (Å²) in [6.07, 6.45) is 5.17. The van der Waals surface area contributed by atoms with Crippen LogP contribution in [-0.4, -0.2) is 55.0 Å². The molecule has 1 aliphatic heterocycles. The van der Waals surface area contributed by atoms with Gasteiger partial charge in [0.1, 0.15) is 4.66 Å². The van der Waals surface area contributed by atoms with Gasteiger partial charge in [0.2, 0.25) is 10.0 Å². The summed E-state index contributed by atoms with van der Waals surface area (Å²) in [5.41, 5.74) is 0. The molecule has 1 aliphatic rings. The summed E-state index contributed by atoms with van der Waals surface area (Å²) in [4.78, 5) is 2.07. The molecule has 0 aromatic carbocycles. The zero-order valence-corrected chi connectivity index (χ0v) is 10.2. The van der Waals surface area contributed by atoms with E-state index in [1.54, 1.807) is 0 Å². The molecule has 0 saturated carbocycles. The van der Waals surface area contributed by atoms with Gasteiger partial charge in [-0.15, -0.1) is 6.42 Å². The predicted octanol–water partition coefficient (Wildman–Crippen LogP) is -0.0806. The van der Waals surface area contributed by atoms with E-state index in [2.05, 4.69) is 26.8 Å². The van der Waals surface area contributed by atoms with Crippen molar-refractivity contribution in [2.75, 3.05) is 37.4 Å². The Morgan fingerprint density at radius 2 is 1.86 bits per heavy atom. The van der Waals surface area contributed by atoms with Gasteiger partial charge in [0.15, 0.2) is 0 Å². The molecular weight excluding hydrogens is 268 g/mol. The van der Waals surface area contributed by atoms with E-state index in [0.717, 1.165) is 13.1 Å². The van der Waals surface area contributed by atoms with Gasteiger partial charge in [-0.1, -0.05) is 21.9 Å². The van der Waals surface area contributed by atoms with Gasteiger partial charge in [0, 0.05) is 26.2 Å². The molecule has 6 heteroatoms. The summed E-state index contributed by atoms with van der Waals surface area (Å²) in [6.45, 7) is 3.11. The van der Waals surface area contributed by atoms with E-state index in [-0.39, 0.29) is 4.66 Å². The molecule has 1 rings (SSSR count). The number of hydrogen-bond acceptors (Lipinski definition) is 3. The molecule has 4 nitrogen and oxygen atoms in total. The molecule has 14 heavy (non-hydrogen) atoms. The first-order valence-corrected chi connectivity index (χ1v) is 7.03. The van der Waals surface area contributed by atoms with Crippen molar-refractivity contribution in [3.8, 4) is 12.3 Å². The van der Waals surface area contributed by atoms with Crippen LogP contribution < -0.4 is 0 Å². The smallest absolute Gasteiger partial charge is 0.224 e. The lowest BCUT2D eigenvalue weighted by molar-refractivity contribution is 0.207. The lowest BCUT2D eigenvalue weighted by Crippen LogP contribution is -2.48.